The molecule has 0 spiro atoms. The first-order valence-electron chi connectivity index (χ1n) is 5.06. The van der Waals surface area contributed by atoms with Gasteiger partial charge in [-0.25, -0.2) is 0 Å². The van der Waals surface area contributed by atoms with Crippen molar-refractivity contribution in [3.05, 3.63) is 12.7 Å². The van der Waals surface area contributed by atoms with E-state index in [4.69, 9.17) is 11.5 Å². The van der Waals surface area contributed by atoms with Crippen molar-refractivity contribution < 1.29 is 5.11 Å². The molecular formula is C12H20O. The topological polar surface area (TPSA) is 20.2 Å². The summed E-state index contributed by atoms with van der Waals surface area (Å²) in [7, 11) is 0. The fraction of sp³-hybridized carbons (Fsp3) is 0.667. The Bertz CT molecular complexity index is 155. The van der Waals surface area contributed by atoms with Crippen molar-refractivity contribution in [2.24, 2.45) is 0 Å². The summed E-state index contributed by atoms with van der Waals surface area (Å²) in [5.74, 6) is 2.32. The first kappa shape index (κ1) is 12.3. The molecule has 0 amide bonds. The molecule has 0 aromatic rings. The summed E-state index contributed by atoms with van der Waals surface area (Å²) in [6.45, 7) is 3.67. The van der Waals surface area contributed by atoms with Crippen molar-refractivity contribution in [2.75, 3.05) is 0 Å². The van der Waals surface area contributed by atoms with Gasteiger partial charge in [-0.1, -0.05) is 31.3 Å². The van der Waals surface area contributed by atoms with Crippen LogP contribution in [0.3, 0.4) is 0 Å². The molecule has 0 rings (SSSR count). The molecule has 0 aliphatic rings. The molecule has 13 heavy (non-hydrogen) atoms. The van der Waals surface area contributed by atoms with Gasteiger partial charge in [-0.05, 0) is 25.7 Å². The molecule has 0 aliphatic heterocycles. The maximum Gasteiger partial charge on any atom is 0.114 e. The van der Waals surface area contributed by atoms with Gasteiger partial charge in [0.25, 0.3) is 0 Å². The molecule has 0 saturated heterocycles. The zero-order chi connectivity index (χ0) is 9.94. The standard InChI is InChI=1S/C12H20O/c1-3-5-6-7-8-9-10-11-12(13)4-2/h2-3,12-13H,1,5-11H2. The van der Waals surface area contributed by atoms with E-state index in [1.165, 1.54) is 25.7 Å². The lowest BCUT2D eigenvalue weighted by molar-refractivity contribution is 0.217. The second kappa shape index (κ2) is 9.35. The maximum absolute atomic E-state index is 9.05. The Morgan fingerprint density at radius 2 is 1.85 bits per heavy atom. The minimum Gasteiger partial charge on any atom is -0.380 e. The number of terminal acetylenes is 1. The van der Waals surface area contributed by atoms with Crippen LogP contribution in [-0.4, -0.2) is 11.2 Å². The van der Waals surface area contributed by atoms with Gasteiger partial charge in [0.05, 0.1) is 0 Å². The molecule has 0 bridgehead atoms. The smallest absolute Gasteiger partial charge is 0.114 e. The highest BCUT2D eigenvalue weighted by atomic mass is 16.3. The molecule has 0 heterocycles. The Balaban J connectivity index is 3.00. The van der Waals surface area contributed by atoms with E-state index in [0.29, 0.717) is 0 Å². The monoisotopic (exact) mass is 180 g/mol. The van der Waals surface area contributed by atoms with E-state index in [-0.39, 0.29) is 0 Å². The fourth-order valence-corrected chi connectivity index (χ4v) is 1.24. The van der Waals surface area contributed by atoms with Gasteiger partial charge in [-0.3, -0.25) is 0 Å². The Labute approximate surface area is 81.9 Å². The number of unbranched alkanes of at least 4 members (excludes halogenated alkanes) is 5. The zero-order valence-electron chi connectivity index (χ0n) is 8.34. The van der Waals surface area contributed by atoms with Gasteiger partial charge < -0.3 is 5.11 Å². The number of aliphatic hydroxyl groups is 1. The molecule has 0 aromatic heterocycles. The van der Waals surface area contributed by atoms with E-state index in [1.807, 2.05) is 6.08 Å². The highest BCUT2D eigenvalue weighted by molar-refractivity contribution is 4.92. The number of hydrogen-bond donors (Lipinski definition) is 1. The summed E-state index contributed by atoms with van der Waals surface area (Å²) in [5, 5.41) is 9.05. The normalized spacial score (nSPS) is 12.0. The molecule has 0 saturated carbocycles. The van der Waals surface area contributed by atoms with Crippen molar-refractivity contribution in [1.82, 2.24) is 0 Å². The fourth-order valence-electron chi connectivity index (χ4n) is 1.24. The van der Waals surface area contributed by atoms with Crippen LogP contribution in [0.4, 0.5) is 0 Å². The van der Waals surface area contributed by atoms with Crippen molar-refractivity contribution in [1.29, 1.82) is 0 Å². The molecule has 1 nitrogen and oxygen atoms in total. The van der Waals surface area contributed by atoms with Crippen LogP contribution in [-0.2, 0) is 0 Å². The van der Waals surface area contributed by atoms with Crippen molar-refractivity contribution in [3.8, 4) is 12.3 Å². The molecule has 1 N–H and O–H groups in total. The maximum atomic E-state index is 9.05. The van der Waals surface area contributed by atoms with Gasteiger partial charge in [-0.2, -0.15) is 0 Å². The van der Waals surface area contributed by atoms with Crippen molar-refractivity contribution in [3.63, 3.8) is 0 Å². The molecule has 1 atom stereocenters. The summed E-state index contributed by atoms with van der Waals surface area (Å²) in [5.41, 5.74) is 0. The predicted molar refractivity (Wildman–Crippen MR) is 57.4 cm³/mol. The van der Waals surface area contributed by atoms with Crippen LogP contribution in [0.2, 0.25) is 0 Å². The second-order valence-corrected chi connectivity index (χ2v) is 3.32. The van der Waals surface area contributed by atoms with Crippen LogP contribution in [0.1, 0.15) is 44.9 Å². The summed E-state index contributed by atoms with van der Waals surface area (Å²) in [6, 6.07) is 0. The average molecular weight is 180 g/mol. The van der Waals surface area contributed by atoms with E-state index in [9.17, 15) is 0 Å². The lowest BCUT2D eigenvalue weighted by atomic mass is 10.1. The van der Waals surface area contributed by atoms with Crippen LogP contribution in [0.5, 0.6) is 0 Å². The Morgan fingerprint density at radius 1 is 1.23 bits per heavy atom. The summed E-state index contributed by atoms with van der Waals surface area (Å²) in [4.78, 5) is 0. The van der Waals surface area contributed by atoms with E-state index in [1.54, 1.807) is 0 Å². The molecule has 1 heteroatoms. The molecule has 0 aliphatic carbocycles. The van der Waals surface area contributed by atoms with E-state index in [2.05, 4.69) is 12.5 Å². The Morgan fingerprint density at radius 3 is 2.46 bits per heavy atom. The number of allylic oxidation sites excluding steroid dienone is 1. The minimum absolute atomic E-state index is 0.534. The lowest BCUT2D eigenvalue weighted by Crippen LogP contribution is -2.01. The second-order valence-electron chi connectivity index (χ2n) is 3.32. The minimum atomic E-state index is -0.534. The van der Waals surface area contributed by atoms with Crippen LogP contribution in [0, 0.1) is 12.3 Å². The molecule has 0 aromatic carbocycles. The summed E-state index contributed by atoms with van der Waals surface area (Å²) in [6.07, 6.45) is 14.3. The number of hydrogen-bond acceptors (Lipinski definition) is 1. The number of aliphatic hydroxyl groups excluding tert-OH is 1. The predicted octanol–water partition coefficient (Wildman–Crippen LogP) is 2.90. The highest BCUT2D eigenvalue weighted by Gasteiger charge is 1.97. The van der Waals surface area contributed by atoms with Gasteiger partial charge in [0.2, 0.25) is 0 Å². The van der Waals surface area contributed by atoms with E-state index < -0.39 is 6.10 Å². The molecule has 0 radical (unpaired) electrons. The summed E-state index contributed by atoms with van der Waals surface area (Å²) >= 11 is 0. The van der Waals surface area contributed by atoms with Crippen LogP contribution >= 0.6 is 0 Å². The third-order valence-corrected chi connectivity index (χ3v) is 2.08. The van der Waals surface area contributed by atoms with Crippen molar-refractivity contribution in [2.45, 2.75) is 51.0 Å². The van der Waals surface area contributed by atoms with Gasteiger partial charge in [0.1, 0.15) is 6.10 Å². The molecule has 0 fully saturated rings. The van der Waals surface area contributed by atoms with Gasteiger partial charge >= 0.3 is 0 Å². The third-order valence-electron chi connectivity index (χ3n) is 2.08. The first-order chi connectivity index (χ1) is 6.31. The number of rotatable bonds is 8. The van der Waals surface area contributed by atoms with Crippen LogP contribution in [0.25, 0.3) is 0 Å². The van der Waals surface area contributed by atoms with Crippen LogP contribution < -0.4 is 0 Å². The Kier molecular flexibility index (Phi) is 8.82. The average Bonchev–Trinajstić information content (AvgIpc) is 2.16. The van der Waals surface area contributed by atoms with Gasteiger partial charge in [0.15, 0.2) is 0 Å². The molecule has 74 valence electrons. The highest BCUT2D eigenvalue weighted by Crippen LogP contribution is 2.08. The molecule has 1 unspecified atom stereocenters. The SMILES string of the molecule is C#CC(O)CCCCCCCC=C. The zero-order valence-corrected chi connectivity index (χ0v) is 8.34. The van der Waals surface area contributed by atoms with Crippen LogP contribution in [0.15, 0.2) is 12.7 Å². The largest absolute Gasteiger partial charge is 0.380 e. The van der Waals surface area contributed by atoms with E-state index >= 15 is 0 Å². The van der Waals surface area contributed by atoms with Crippen molar-refractivity contribution >= 4 is 0 Å². The summed E-state index contributed by atoms with van der Waals surface area (Å²) < 4.78 is 0. The first-order valence-corrected chi connectivity index (χ1v) is 5.06. The lowest BCUT2D eigenvalue weighted by Gasteiger charge is -2.02. The van der Waals surface area contributed by atoms with E-state index in [0.717, 1.165) is 19.3 Å². The van der Waals surface area contributed by atoms with Gasteiger partial charge in [0, 0.05) is 0 Å². The third kappa shape index (κ3) is 9.17. The molecular weight excluding hydrogens is 160 g/mol. The van der Waals surface area contributed by atoms with Gasteiger partial charge in [-0.15, -0.1) is 13.0 Å². The Hall–Kier alpha value is -0.740. The quantitative estimate of drug-likeness (QED) is 0.346.